The molecule has 2 atom stereocenters. The second kappa shape index (κ2) is 6.45. The maximum Gasteiger partial charge on any atom is 0.281 e. The molecule has 128 valence electrons. The molecule has 23 heavy (non-hydrogen) atoms. The molecule has 0 N–H and O–H groups in total. The van der Waals surface area contributed by atoms with Gasteiger partial charge in [0.25, 0.3) is 10.2 Å². The van der Waals surface area contributed by atoms with Crippen molar-refractivity contribution >= 4 is 10.2 Å². The molecule has 0 unspecified atom stereocenters. The predicted molar refractivity (Wildman–Crippen MR) is 84.9 cm³/mol. The number of ether oxygens (including phenoxy) is 2. The molecule has 2 fully saturated rings. The normalized spacial score (nSPS) is 28.9. The maximum absolute atomic E-state index is 12.2. The van der Waals surface area contributed by atoms with E-state index in [1.807, 2.05) is 18.2 Å². The Morgan fingerprint density at radius 2 is 2.30 bits per heavy atom. The standard InChI is InChI=1S/C15H23N3O4S/c1-17(2)23(19,20)18-8-6-15(12-18)9-14(11-22-15)21-10-13-5-3-4-7-16-13/h3-5,7,14H,6,8-12H2,1-2H3/t14-,15-/m0/s1. The number of hydrogen-bond acceptors (Lipinski definition) is 5. The van der Waals surface area contributed by atoms with Gasteiger partial charge in [0.2, 0.25) is 0 Å². The lowest BCUT2D eigenvalue weighted by molar-refractivity contribution is 0.00218. The molecule has 0 radical (unpaired) electrons. The van der Waals surface area contributed by atoms with Crippen LogP contribution in [-0.2, 0) is 26.3 Å². The zero-order valence-corrected chi connectivity index (χ0v) is 14.3. The van der Waals surface area contributed by atoms with Crippen LogP contribution in [0.5, 0.6) is 0 Å². The molecule has 1 spiro atoms. The fraction of sp³-hybridized carbons (Fsp3) is 0.667. The molecule has 0 amide bonds. The smallest absolute Gasteiger partial charge is 0.281 e. The van der Waals surface area contributed by atoms with E-state index in [1.165, 1.54) is 8.61 Å². The van der Waals surface area contributed by atoms with E-state index in [-0.39, 0.29) is 6.10 Å². The van der Waals surface area contributed by atoms with E-state index < -0.39 is 15.8 Å². The molecule has 1 aromatic heterocycles. The third-order valence-electron chi connectivity index (χ3n) is 4.44. The molecule has 2 saturated heterocycles. The summed E-state index contributed by atoms with van der Waals surface area (Å²) in [6.45, 7) is 1.85. The van der Waals surface area contributed by atoms with Crippen molar-refractivity contribution in [3.63, 3.8) is 0 Å². The molecule has 0 aromatic carbocycles. The van der Waals surface area contributed by atoms with Crippen molar-refractivity contribution in [2.45, 2.75) is 31.2 Å². The SMILES string of the molecule is CN(C)S(=O)(=O)N1CC[C@]2(C[C@H](OCc3ccccn3)CO2)C1. The van der Waals surface area contributed by atoms with Gasteiger partial charge < -0.3 is 9.47 Å². The van der Waals surface area contributed by atoms with E-state index in [1.54, 1.807) is 20.3 Å². The van der Waals surface area contributed by atoms with Crippen LogP contribution in [0.4, 0.5) is 0 Å². The van der Waals surface area contributed by atoms with Crippen molar-refractivity contribution in [1.29, 1.82) is 0 Å². The van der Waals surface area contributed by atoms with Gasteiger partial charge in [0.05, 0.1) is 30.6 Å². The predicted octanol–water partition coefficient (Wildman–Crippen LogP) is 0.638. The Bertz CT molecular complexity index is 637. The number of pyridine rings is 1. The highest BCUT2D eigenvalue weighted by molar-refractivity contribution is 7.86. The summed E-state index contributed by atoms with van der Waals surface area (Å²) < 4.78 is 39.0. The lowest BCUT2D eigenvalue weighted by Gasteiger charge is -2.24. The average molecular weight is 341 g/mol. The summed E-state index contributed by atoms with van der Waals surface area (Å²) in [6.07, 6.45) is 3.16. The summed E-state index contributed by atoms with van der Waals surface area (Å²) >= 11 is 0. The summed E-state index contributed by atoms with van der Waals surface area (Å²) in [5, 5.41) is 0. The van der Waals surface area contributed by atoms with E-state index in [2.05, 4.69) is 4.98 Å². The lowest BCUT2D eigenvalue weighted by Crippen LogP contribution is -2.41. The zero-order chi connectivity index (χ0) is 16.5. The van der Waals surface area contributed by atoms with Gasteiger partial charge in [0.1, 0.15) is 0 Å². The molecule has 3 heterocycles. The average Bonchev–Trinajstić information content (AvgIpc) is 3.14. The Labute approximate surface area is 137 Å². The maximum atomic E-state index is 12.2. The quantitative estimate of drug-likeness (QED) is 0.786. The summed E-state index contributed by atoms with van der Waals surface area (Å²) in [5.41, 5.74) is 0.481. The van der Waals surface area contributed by atoms with E-state index in [9.17, 15) is 8.42 Å². The summed E-state index contributed by atoms with van der Waals surface area (Å²) in [4.78, 5) is 4.23. The zero-order valence-electron chi connectivity index (χ0n) is 13.5. The van der Waals surface area contributed by atoms with Crippen LogP contribution < -0.4 is 0 Å². The van der Waals surface area contributed by atoms with Gasteiger partial charge in [0.15, 0.2) is 0 Å². The molecular weight excluding hydrogens is 318 g/mol. The molecule has 2 aliphatic heterocycles. The van der Waals surface area contributed by atoms with E-state index in [0.29, 0.717) is 32.7 Å². The van der Waals surface area contributed by atoms with E-state index in [4.69, 9.17) is 9.47 Å². The molecule has 1 aromatic rings. The van der Waals surface area contributed by atoms with Gasteiger partial charge in [-0.1, -0.05) is 6.07 Å². The van der Waals surface area contributed by atoms with E-state index >= 15 is 0 Å². The van der Waals surface area contributed by atoms with Crippen LogP contribution in [-0.4, -0.2) is 67.5 Å². The van der Waals surface area contributed by atoms with Crippen molar-refractivity contribution in [2.75, 3.05) is 33.8 Å². The second-order valence-corrected chi connectivity index (χ2v) is 8.47. The minimum atomic E-state index is -3.38. The molecule has 0 aliphatic carbocycles. The van der Waals surface area contributed by atoms with Gasteiger partial charge in [-0.2, -0.15) is 17.0 Å². The monoisotopic (exact) mass is 341 g/mol. The third-order valence-corrected chi connectivity index (χ3v) is 6.32. The lowest BCUT2D eigenvalue weighted by atomic mass is 9.98. The highest BCUT2D eigenvalue weighted by atomic mass is 32.2. The third kappa shape index (κ3) is 3.56. The topological polar surface area (TPSA) is 72.0 Å². The first-order chi connectivity index (χ1) is 10.9. The number of aromatic nitrogens is 1. The van der Waals surface area contributed by atoms with E-state index in [0.717, 1.165) is 12.1 Å². The van der Waals surface area contributed by atoms with Gasteiger partial charge in [0, 0.05) is 39.8 Å². The molecule has 8 heteroatoms. The second-order valence-electron chi connectivity index (χ2n) is 6.33. The molecule has 2 aliphatic rings. The minimum Gasteiger partial charge on any atom is -0.371 e. The first kappa shape index (κ1) is 16.8. The van der Waals surface area contributed by atoms with Gasteiger partial charge in [-0.25, -0.2) is 0 Å². The van der Waals surface area contributed by atoms with Crippen molar-refractivity contribution < 1.29 is 17.9 Å². The van der Waals surface area contributed by atoms with Gasteiger partial charge in [-0.05, 0) is 18.6 Å². The van der Waals surface area contributed by atoms with Crippen LogP contribution in [0.25, 0.3) is 0 Å². The first-order valence-electron chi connectivity index (χ1n) is 7.74. The number of nitrogens with zero attached hydrogens (tertiary/aromatic N) is 3. The minimum absolute atomic E-state index is 0.0148. The number of hydrogen-bond donors (Lipinski definition) is 0. The van der Waals surface area contributed by atoms with Gasteiger partial charge in [-0.3, -0.25) is 4.98 Å². The van der Waals surface area contributed by atoms with Crippen molar-refractivity contribution in [3.8, 4) is 0 Å². The molecule has 0 saturated carbocycles. The van der Waals surface area contributed by atoms with Crippen LogP contribution >= 0.6 is 0 Å². The van der Waals surface area contributed by atoms with Gasteiger partial charge in [-0.15, -0.1) is 0 Å². The first-order valence-corrected chi connectivity index (χ1v) is 9.14. The highest BCUT2D eigenvalue weighted by Crippen LogP contribution is 2.37. The molecular formula is C15H23N3O4S. The highest BCUT2D eigenvalue weighted by Gasteiger charge is 2.49. The summed E-state index contributed by atoms with van der Waals surface area (Å²) in [5.74, 6) is 0. The fourth-order valence-electron chi connectivity index (χ4n) is 3.12. The van der Waals surface area contributed by atoms with Gasteiger partial charge >= 0.3 is 0 Å². The Hall–Kier alpha value is -1.06. The van der Waals surface area contributed by atoms with Crippen molar-refractivity contribution in [2.24, 2.45) is 0 Å². The molecule has 7 nitrogen and oxygen atoms in total. The number of rotatable bonds is 5. The van der Waals surface area contributed by atoms with Crippen LogP contribution in [0.1, 0.15) is 18.5 Å². The summed E-state index contributed by atoms with van der Waals surface area (Å²) in [6, 6.07) is 5.72. The van der Waals surface area contributed by atoms with Crippen molar-refractivity contribution in [3.05, 3.63) is 30.1 Å². The Balaban J connectivity index is 1.56. The Morgan fingerprint density at radius 1 is 1.48 bits per heavy atom. The van der Waals surface area contributed by atoms with Crippen LogP contribution in [0.2, 0.25) is 0 Å². The molecule has 0 bridgehead atoms. The van der Waals surface area contributed by atoms with Crippen LogP contribution in [0.15, 0.2) is 24.4 Å². The Kier molecular flexibility index (Phi) is 4.70. The molecule has 3 rings (SSSR count). The fourth-order valence-corrected chi connectivity index (χ4v) is 4.30. The Morgan fingerprint density at radius 3 is 3.00 bits per heavy atom. The van der Waals surface area contributed by atoms with Crippen LogP contribution in [0, 0.1) is 0 Å². The largest absolute Gasteiger partial charge is 0.371 e. The van der Waals surface area contributed by atoms with Crippen molar-refractivity contribution in [1.82, 2.24) is 13.6 Å². The van der Waals surface area contributed by atoms with Crippen LogP contribution in [0.3, 0.4) is 0 Å². The summed E-state index contributed by atoms with van der Waals surface area (Å²) in [7, 11) is -0.277.